The third-order valence-corrected chi connectivity index (χ3v) is 5.43. The standard InChI is InChI=1S/C22H34N4O3.HI/c1-18(16-28-17-19-7-4-3-5-8-19)15-24-22(23-2)26-12-10-25(11-13-26)21(27)20-9-6-14-29-20;/h3-5,7-8,18,20H,6,9-17H2,1-2H3,(H,23,24);1H. The molecule has 0 aromatic heterocycles. The zero-order valence-corrected chi connectivity index (χ0v) is 20.4. The van der Waals surface area contributed by atoms with Gasteiger partial charge in [0.2, 0.25) is 0 Å². The quantitative estimate of drug-likeness (QED) is 0.333. The third kappa shape index (κ3) is 7.39. The van der Waals surface area contributed by atoms with E-state index >= 15 is 0 Å². The maximum absolute atomic E-state index is 12.5. The van der Waals surface area contributed by atoms with Gasteiger partial charge in [-0.1, -0.05) is 37.3 Å². The molecule has 168 valence electrons. The zero-order valence-electron chi connectivity index (χ0n) is 18.1. The van der Waals surface area contributed by atoms with Crippen LogP contribution in [0.1, 0.15) is 25.3 Å². The van der Waals surface area contributed by atoms with Crippen molar-refractivity contribution in [2.24, 2.45) is 10.9 Å². The second-order valence-electron chi connectivity index (χ2n) is 7.85. The van der Waals surface area contributed by atoms with Crippen molar-refractivity contribution in [1.82, 2.24) is 15.1 Å². The Morgan fingerprint density at radius 2 is 1.93 bits per heavy atom. The van der Waals surface area contributed by atoms with Gasteiger partial charge in [0.05, 0.1) is 13.2 Å². The molecule has 2 heterocycles. The summed E-state index contributed by atoms with van der Waals surface area (Å²) in [7, 11) is 1.81. The smallest absolute Gasteiger partial charge is 0.251 e. The largest absolute Gasteiger partial charge is 0.376 e. The van der Waals surface area contributed by atoms with Crippen molar-refractivity contribution in [3.05, 3.63) is 35.9 Å². The highest BCUT2D eigenvalue weighted by Crippen LogP contribution is 2.16. The highest BCUT2D eigenvalue weighted by Gasteiger charge is 2.30. The van der Waals surface area contributed by atoms with Gasteiger partial charge in [-0.2, -0.15) is 0 Å². The van der Waals surface area contributed by atoms with E-state index in [4.69, 9.17) is 9.47 Å². The molecular weight excluding hydrogens is 495 g/mol. The average Bonchev–Trinajstić information content (AvgIpc) is 3.30. The molecule has 2 aliphatic heterocycles. The van der Waals surface area contributed by atoms with Crippen LogP contribution in [0.2, 0.25) is 0 Å². The van der Waals surface area contributed by atoms with Gasteiger partial charge in [0.25, 0.3) is 5.91 Å². The first-order chi connectivity index (χ1) is 14.2. The number of amides is 1. The van der Waals surface area contributed by atoms with E-state index in [1.807, 2.05) is 30.1 Å². The number of ether oxygens (including phenoxy) is 2. The van der Waals surface area contributed by atoms with Gasteiger partial charge in [0.15, 0.2) is 5.96 Å². The second-order valence-corrected chi connectivity index (χ2v) is 7.85. The summed E-state index contributed by atoms with van der Waals surface area (Å²) in [4.78, 5) is 21.1. The summed E-state index contributed by atoms with van der Waals surface area (Å²) in [6, 6.07) is 10.2. The Morgan fingerprint density at radius 1 is 1.23 bits per heavy atom. The predicted octanol–water partition coefficient (Wildman–Crippen LogP) is 2.36. The van der Waals surface area contributed by atoms with Crippen LogP contribution in [0, 0.1) is 5.92 Å². The van der Waals surface area contributed by atoms with Gasteiger partial charge in [-0.25, -0.2) is 0 Å². The van der Waals surface area contributed by atoms with Crippen LogP contribution < -0.4 is 5.32 Å². The van der Waals surface area contributed by atoms with E-state index in [9.17, 15) is 4.79 Å². The van der Waals surface area contributed by atoms with Crippen molar-refractivity contribution < 1.29 is 14.3 Å². The van der Waals surface area contributed by atoms with Gasteiger partial charge in [-0.05, 0) is 24.3 Å². The Balaban J connectivity index is 0.00000320. The molecule has 0 spiro atoms. The number of piperazine rings is 1. The van der Waals surface area contributed by atoms with Gasteiger partial charge >= 0.3 is 0 Å². The molecule has 30 heavy (non-hydrogen) atoms. The minimum atomic E-state index is -0.226. The molecule has 0 radical (unpaired) electrons. The summed E-state index contributed by atoms with van der Waals surface area (Å²) in [5.74, 6) is 1.41. The molecule has 0 aliphatic carbocycles. The number of benzene rings is 1. The molecule has 1 amide bonds. The Kier molecular flexibility index (Phi) is 10.9. The molecule has 7 nitrogen and oxygen atoms in total. The van der Waals surface area contributed by atoms with E-state index in [2.05, 4.69) is 34.3 Å². The lowest BCUT2D eigenvalue weighted by molar-refractivity contribution is -0.142. The van der Waals surface area contributed by atoms with Crippen molar-refractivity contribution in [1.29, 1.82) is 0 Å². The summed E-state index contributed by atoms with van der Waals surface area (Å²) >= 11 is 0. The highest BCUT2D eigenvalue weighted by molar-refractivity contribution is 14.0. The number of hydrogen-bond donors (Lipinski definition) is 1. The minimum Gasteiger partial charge on any atom is -0.376 e. The fourth-order valence-electron chi connectivity index (χ4n) is 3.72. The number of rotatable bonds is 7. The first-order valence-corrected chi connectivity index (χ1v) is 10.6. The van der Waals surface area contributed by atoms with E-state index in [1.165, 1.54) is 5.56 Å². The third-order valence-electron chi connectivity index (χ3n) is 5.43. The number of nitrogens with zero attached hydrogens (tertiary/aromatic N) is 3. The Labute approximate surface area is 197 Å². The summed E-state index contributed by atoms with van der Waals surface area (Å²) in [5, 5.41) is 3.45. The lowest BCUT2D eigenvalue weighted by Crippen LogP contribution is -2.55. The average molecular weight is 530 g/mol. The van der Waals surface area contributed by atoms with Crippen LogP contribution in [-0.4, -0.2) is 80.8 Å². The van der Waals surface area contributed by atoms with E-state index in [0.29, 0.717) is 25.7 Å². The van der Waals surface area contributed by atoms with Crippen molar-refractivity contribution in [2.75, 3.05) is 53.0 Å². The molecule has 1 aromatic carbocycles. The van der Waals surface area contributed by atoms with E-state index in [1.54, 1.807) is 0 Å². The highest BCUT2D eigenvalue weighted by atomic mass is 127. The maximum Gasteiger partial charge on any atom is 0.251 e. The number of nitrogens with one attached hydrogen (secondary N) is 1. The molecule has 2 fully saturated rings. The first-order valence-electron chi connectivity index (χ1n) is 10.6. The van der Waals surface area contributed by atoms with Gasteiger partial charge in [0.1, 0.15) is 6.10 Å². The normalized spacial score (nSPS) is 20.6. The number of halogens is 1. The lowest BCUT2D eigenvalue weighted by Gasteiger charge is -2.37. The van der Waals surface area contributed by atoms with E-state index < -0.39 is 0 Å². The number of carbonyl (C=O) groups excluding carboxylic acids is 1. The molecule has 3 rings (SSSR count). The molecule has 2 atom stereocenters. The lowest BCUT2D eigenvalue weighted by atomic mass is 10.2. The zero-order chi connectivity index (χ0) is 20.5. The van der Waals surface area contributed by atoms with Gasteiger partial charge < -0.3 is 24.6 Å². The summed E-state index contributed by atoms with van der Waals surface area (Å²) < 4.78 is 11.4. The van der Waals surface area contributed by atoms with Crippen molar-refractivity contribution in [3.8, 4) is 0 Å². The van der Waals surface area contributed by atoms with Gasteiger partial charge in [0, 0.05) is 46.4 Å². The van der Waals surface area contributed by atoms with Crippen LogP contribution in [0.5, 0.6) is 0 Å². The number of aliphatic imine (C=N–C) groups is 1. The van der Waals surface area contributed by atoms with Crippen molar-refractivity contribution in [3.63, 3.8) is 0 Å². The van der Waals surface area contributed by atoms with Crippen LogP contribution in [0.3, 0.4) is 0 Å². The second kappa shape index (κ2) is 13.1. The summed E-state index contributed by atoms with van der Waals surface area (Å²) in [5.41, 5.74) is 1.19. The van der Waals surface area contributed by atoms with Crippen LogP contribution in [0.4, 0.5) is 0 Å². The molecule has 2 saturated heterocycles. The summed E-state index contributed by atoms with van der Waals surface area (Å²) in [6.45, 7) is 8.03. The molecule has 0 bridgehead atoms. The van der Waals surface area contributed by atoms with Gasteiger partial charge in [-0.3, -0.25) is 9.79 Å². The monoisotopic (exact) mass is 530 g/mol. The van der Waals surface area contributed by atoms with E-state index in [0.717, 1.165) is 51.5 Å². The molecule has 2 aliphatic rings. The minimum absolute atomic E-state index is 0. The van der Waals surface area contributed by atoms with E-state index in [-0.39, 0.29) is 36.0 Å². The topological polar surface area (TPSA) is 66.4 Å². The SMILES string of the molecule is CN=C(NCC(C)COCc1ccccc1)N1CCN(C(=O)C2CCCO2)CC1.I. The molecule has 1 aromatic rings. The van der Waals surface area contributed by atoms with Crippen LogP contribution in [-0.2, 0) is 20.9 Å². The number of guanidine groups is 1. The molecule has 2 unspecified atom stereocenters. The fourth-order valence-corrected chi connectivity index (χ4v) is 3.72. The summed E-state index contributed by atoms with van der Waals surface area (Å²) in [6.07, 6.45) is 1.61. The van der Waals surface area contributed by atoms with Crippen LogP contribution in [0.25, 0.3) is 0 Å². The first kappa shape index (κ1) is 24.9. The van der Waals surface area contributed by atoms with Crippen molar-refractivity contribution >= 4 is 35.8 Å². The van der Waals surface area contributed by atoms with Crippen LogP contribution >= 0.6 is 24.0 Å². The Morgan fingerprint density at radius 3 is 2.57 bits per heavy atom. The molecular formula is C22H35IN4O3. The van der Waals surface area contributed by atoms with Crippen molar-refractivity contribution in [2.45, 2.75) is 32.5 Å². The molecule has 1 N–H and O–H groups in total. The van der Waals surface area contributed by atoms with Gasteiger partial charge in [-0.15, -0.1) is 24.0 Å². The predicted molar refractivity (Wildman–Crippen MR) is 129 cm³/mol. The number of hydrogen-bond acceptors (Lipinski definition) is 4. The Bertz CT molecular complexity index is 660. The molecule has 8 heteroatoms. The molecule has 0 saturated carbocycles. The fraction of sp³-hybridized carbons (Fsp3) is 0.636. The number of carbonyl (C=O) groups is 1. The Hall–Kier alpha value is -1.39. The van der Waals surface area contributed by atoms with Crippen LogP contribution in [0.15, 0.2) is 35.3 Å². The maximum atomic E-state index is 12.5.